The quantitative estimate of drug-likeness (QED) is 0.260. The van der Waals surface area contributed by atoms with Crippen LogP contribution in [0, 0.1) is 5.92 Å². The zero-order valence-electron chi connectivity index (χ0n) is 20.8. The molecule has 1 aliphatic rings. The molecule has 8 heteroatoms. The summed E-state index contributed by atoms with van der Waals surface area (Å²) in [7, 11) is 0. The van der Waals surface area contributed by atoms with Gasteiger partial charge in [-0.1, -0.05) is 60.9 Å². The molecule has 1 unspecified atom stereocenters. The lowest BCUT2D eigenvalue weighted by Crippen LogP contribution is -2.17. The summed E-state index contributed by atoms with van der Waals surface area (Å²) in [6.07, 6.45) is 9.37. The Morgan fingerprint density at radius 1 is 1.00 bits per heavy atom. The van der Waals surface area contributed by atoms with Gasteiger partial charge in [-0.05, 0) is 61.6 Å². The zero-order chi connectivity index (χ0) is 25.5. The van der Waals surface area contributed by atoms with E-state index in [-0.39, 0.29) is 12.0 Å². The van der Waals surface area contributed by atoms with Crippen molar-refractivity contribution in [3.63, 3.8) is 0 Å². The number of ether oxygens (including phenoxy) is 2. The van der Waals surface area contributed by atoms with Crippen LogP contribution in [-0.2, 0) is 0 Å². The fourth-order valence-electron chi connectivity index (χ4n) is 4.46. The third-order valence-electron chi connectivity index (χ3n) is 6.55. The Morgan fingerprint density at radius 2 is 1.78 bits per heavy atom. The van der Waals surface area contributed by atoms with E-state index in [1.54, 1.807) is 24.5 Å². The van der Waals surface area contributed by atoms with Crippen molar-refractivity contribution < 1.29 is 14.3 Å². The van der Waals surface area contributed by atoms with Crippen LogP contribution in [0.5, 0.6) is 11.5 Å². The van der Waals surface area contributed by atoms with E-state index >= 15 is 0 Å². The Labute approximate surface area is 220 Å². The van der Waals surface area contributed by atoms with Gasteiger partial charge in [-0.2, -0.15) is 0 Å². The number of pyridine rings is 1. The van der Waals surface area contributed by atoms with Crippen molar-refractivity contribution in [2.24, 2.45) is 5.92 Å². The average Bonchev–Trinajstić information content (AvgIpc) is 3.42. The SMILES string of the molecule is CC(Oc1ccc(C(=O)Nc2nnc(-c3ccncc3)s2)cc1OCC1CCCCC1)c1ccccc1. The highest BCUT2D eigenvalue weighted by molar-refractivity contribution is 7.18. The molecule has 1 N–H and O–H groups in total. The molecule has 2 aromatic carbocycles. The molecule has 0 radical (unpaired) electrons. The molecule has 190 valence electrons. The van der Waals surface area contributed by atoms with Crippen LogP contribution in [0.25, 0.3) is 10.6 Å². The maximum absolute atomic E-state index is 13.1. The van der Waals surface area contributed by atoms with Crippen molar-refractivity contribution >= 4 is 22.4 Å². The molecule has 2 heterocycles. The van der Waals surface area contributed by atoms with E-state index in [1.807, 2.05) is 55.5 Å². The number of carbonyl (C=O) groups excluding carboxylic acids is 1. The minimum Gasteiger partial charge on any atom is -0.489 e. The summed E-state index contributed by atoms with van der Waals surface area (Å²) in [6.45, 7) is 2.63. The first-order valence-electron chi connectivity index (χ1n) is 12.7. The van der Waals surface area contributed by atoms with Gasteiger partial charge in [-0.25, -0.2) is 0 Å². The number of nitrogens with zero attached hydrogens (tertiary/aromatic N) is 3. The number of nitrogens with one attached hydrogen (secondary N) is 1. The molecule has 1 fully saturated rings. The maximum Gasteiger partial charge on any atom is 0.257 e. The summed E-state index contributed by atoms with van der Waals surface area (Å²) in [5, 5.41) is 12.3. The minimum atomic E-state index is -0.275. The predicted molar refractivity (Wildman–Crippen MR) is 145 cm³/mol. The standard InChI is InChI=1S/C29H30N4O3S/c1-20(22-10-6-3-7-11-22)36-25-13-12-24(18-26(25)35-19-21-8-4-2-5-9-21)27(34)31-29-33-32-28(37-29)23-14-16-30-17-15-23/h3,6-7,10-18,20-21H,2,4-5,8-9,19H2,1H3,(H,31,33,34). The lowest BCUT2D eigenvalue weighted by Gasteiger charge is -2.23. The first-order chi connectivity index (χ1) is 18.2. The number of anilines is 1. The molecule has 1 saturated carbocycles. The second-order valence-electron chi connectivity index (χ2n) is 9.25. The summed E-state index contributed by atoms with van der Waals surface area (Å²) in [4.78, 5) is 17.1. The van der Waals surface area contributed by atoms with Crippen LogP contribution in [0.2, 0.25) is 0 Å². The molecule has 0 spiro atoms. The van der Waals surface area contributed by atoms with Gasteiger partial charge >= 0.3 is 0 Å². The molecule has 4 aromatic rings. The van der Waals surface area contributed by atoms with Crippen molar-refractivity contribution in [3.8, 4) is 22.1 Å². The van der Waals surface area contributed by atoms with E-state index in [9.17, 15) is 4.79 Å². The van der Waals surface area contributed by atoms with Crippen molar-refractivity contribution in [3.05, 3.63) is 84.2 Å². The number of carbonyl (C=O) groups is 1. The summed E-state index contributed by atoms with van der Waals surface area (Å²) in [6, 6.07) is 19.1. The van der Waals surface area contributed by atoms with Crippen LogP contribution in [0.4, 0.5) is 5.13 Å². The molecule has 5 rings (SSSR count). The van der Waals surface area contributed by atoms with Gasteiger partial charge in [0.25, 0.3) is 5.91 Å². The van der Waals surface area contributed by atoms with Gasteiger partial charge in [-0.15, -0.1) is 10.2 Å². The zero-order valence-corrected chi connectivity index (χ0v) is 21.6. The van der Waals surface area contributed by atoms with Crippen molar-refractivity contribution in [1.82, 2.24) is 15.2 Å². The lowest BCUT2D eigenvalue weighted by atomic mass is 9.90. The van der Waals surface area contributed by atoms with Crippen LogP contribution < -0.4 is 14.8 Å². The second-order valence-corrected chi connectivity index (χ2v) is 10.2. The second kappa shape index (κ2) is 12.0. The highest BCUT2D eigenvalue weighted by Gasteiger charge is 2.19. The lowest BCUT2D eigenvalue weighted by molar-refractivity contribution is 0.102. The van der Waals surface area contributed by atoms with E-state index in [4.69, 9.17) is 9.47 Å². The normalized spacial score (nSPS) is 14.6. The first kappa shape index (κ1) is 24.9. The van der Waals surface area contributed by atoms with Crippen LogP contribution >= 0.6 is 11.3 Å². The first-order valence-corrected chi connectivity index (χ1v) is 13.5. The van der Waals surface area contributed by atoms with Gasteiger partial charge in [0.1, 0.15) is 11.1 Å². The highest BCUT2D eigenvalue weighted by atomic mass is 32.1. The van der Waals surface area contributed by atoms with Gasteiger partial charge < -0.3 is 9.47 Å². The van der Waals surface area contributed by atoms with E-state index in [1.165, 1.54) is 43.4 Å². The molecular formula is C29H30N4O3S. The summed E-state index contributed by atoms with van der Waals surface area (Å²) >= 11 is 1.31. The third kappa shape index (κ3) is 6.51. The van der Waals surface area contributed by atoms with Gasteiger partial charge in [0.2, 0.25) is 5.13 Å². The molecule has 37 heavy (non-hydrogen) atoms. The number of aromatic nitrogens is 3. The fraction of sp³-hybridized carbons (Fsp3) is 0.310. The summed E-state index contributed by atoms with van der Waals surface area (Å²) in [5.74, 6) is 1.46. The maximum atomic E-state index is 13.1. The van der Waals surface area contributed by atoms with Crippen molar-refractivity contribution in [2.75, 3.05) is 11.9 Å². The van der Waals surface area contributed by atoms with E-state index < -0.39 is 0 Å². The molecule has 0 saturated heterocycles. The Hall–Kier alpha value is -3.78. The van der Waals surface area contributed by atoms with Crippen LogP contribution in [-0.4, -0.2) is 27.7 Å². The minimum absolute atomic E-state index is 0.161. The smallest absolute Gasteiger partial charge is 0.257 e. The van der Waals surface area contributed by atoms with E-state index in [2.05, 4.69) is 20.5 Å². The molecule has 1 atom stereocenters. The summed E-state index contributed by atoms with van der Waals surface area (Å²) in [5.41, 5.74) is 2.45. The van der Waals surface area contributed by atoms with Gasteiger partial charge in [0.05, 0.1) is 6.61 Å². The predicted octanol–water partition coefficient (Wildman–Crippen LogP) is 6.95. The molecule has 0 bridgehead atoms. The topological polar surface area (TPSA) is 86.2 Å². The summed E-state index contributed by atoms with van der Waals surface area (Å²) < 4.78 is 12.6. The molecule has 1 amide bonds. The molecule has 0 aliphatic heterocycles. The Balaban J connectivity index is 1.33. The van der Waals surface area contributed by atoms with Gasteiger partial charge in [0.15, 0.2) is 11.5 Å². The van der Waals surface area contributed by atoms with Gasteiger partial charge in [-0.3, -0.25) is 15.1 Å². The molecular weight excluding hydrogens is 484 g/mol. The van der Waals surface area contributed by atoms with Crippen LogP contribution in [0.1, 0.15) is 61.1 Å². The number of hydrogen-bond donors (Lipinski definition) is 1. The highest BCUT2D eigenvalue weighted by Crippen LogP contribution is 2.34. The average molecular weight is 515 g/mol. The van der Waals surface area contributed by atoms with Crippen LogP contribution in [0.15, 0.2) is 73.1 Å². The number of benzene rings is 2. The van der Waals surface area contributed by atoms with Crippen molar-refractivity contribution in [2.45, 2.75) is 45.1 Å². The number of rotatable bonds is 9. The Kier molecular flexibility index (Phi) is 8.05. The molecule has 1 aliphatic carbocycles. The van der Waals surface area contributed by atoms with Crippen LogP contribution in [0.3, 0.4) is 0 Å². The Bertz CT molecular complexity index is 1310. The third-order valence-corrected chi connectivity index (χ3v) is 7.44. The van der Waals surface area contributed by atoms with E-state index in [0.717, 1.165) is 11.1 Å². The largest absolute Gasteiger partial charge is 0.489 e. The molecule has 2 aromatic heterocycles. The van der Waals surface area contributed by atoms with E-state index in [0.29, 0.717) is 39.7 Å². The van der Waals surface area contributed by atoms with Gasteiger partial charge in [0, 0.05) is 23.5 Å². The number of amides is 1. The monoisotopic (exact) mass is 514 g/mol. The van der Waals surface area contributed by atoms with Crippen molar-refractivity contribution in [1.29, 1.82) is 0 Å². The molecule has 7 nitrogen and oxygen atoms in total. The fourth-order valence-corrected chi connectivity index (χ4v) is 5.20. The number of hydrogen-bond acceptors (Lipinski definition) is 7. The Morgan fingerprint density at radius 3 is 2.57 bits per heavy atom.